The van der Waals surface area contributed by atoms with Gasteiger partial charge < -0.3 is 4.98 Å². The van der Waals surface area contributed by atoms with Gasteiger partial charge in [0.2, 0.25) is 19.2 Å². The number of hydrogen-bond donors (Lipinski definition) is 1. The molecule has 2 aliphatic heterocycles. The molecule has 1 radical (unpaired) electrons. The predicted octanol–water partition coefficient (Wildman–Crippen LogP) is 0.445. The van der Waals surface area contributed by atoms with Crippen LogP contribution in [-0.4, -0.2) is 24.9 Å². The van der Waals surface area contributed by atoms with Crippen LogP contribution in [0, 0.1) is 6.54 Å². The van der Waals surface area contributed by atoms with E-state index in [0.29, 0.717) is 0 Å². The molecule has 0 spiro atoms. The second-order valence-corrected chi connectivity index (χ2v) is 6.54. The molecule has 6 nitrogen and oxygen atoms in total. The summed E-state index contributed by atoms with van der Waals surface area (Å²) in [5.74, 6) is 0. The number of rotatable bonds is 0. The summed E-state index contributed by atoms with van der Waals surface area (Å²) in [6.45, 7) is 5.66. The van der Waals surface area contributed by atoms with E-state index in [1.54, 1.807) is 0 Å². The van der Waals surface area contributed by atoms with Crippen LogP contribution in [0.4, 0.5) is 0 Å². The van der Waals surface area contributed by atoms with E-state index in [4.69, 9.17) is 0 Å². The van der Waals surface area contributed by atoms with Crippen molar-refractivity contribution in [1.29, 1.82) is 0 Å². The lowest BCUT2D eigenvalue weighted by Gasteiger charge is -1.99. The lowest BCUT2D eigenvalue weighted by Crippen LogP contribution is -2.37. The van der Waals surface area contributed by atoms with E-state index in [9.17, 15) is 0 Å². The molecule has 0 aliphatic carbocycles. The Morgan fingerprint density at radius 3 is 2.42 bits per heavy atom. The fourth-order valence-corrected chi connectivity index (χ4v) is 3.38. The van der Waals surface area contributed by atoms with Gasteiger partial charge in [-0.25, -0.2) is 13.7 Å². The Morgan fingerprint density at radius 2 is 1.62 bits per heavy atom. The molecule has 3 aromatic heterocycles. The van der Waals surface area contributed by atoms with Gasteiger partial charge in [0.05, 0.1) is 17.0 Å². The molecule has 0 unspecified atom stereocenters. The van der Waals surface area contributed by atoms with Crippen LogP contribution < -0.4 is 9.13 Å². The van der Waals surface area contributed by atoms with Crippen LogP contribution in [0.25, 0.3) is 0 Å². The highest BCUT2D eigenvalue weighted by atomic mass is 15.2. The normalized spacial score (nSPS) is 16.8. The number of imidazole rings is 2. The molecule has 0 fully saturated rings. The molecule has 5 rings (SSSR count). The molecule has 119 valence electrons. The number of allylic oxidation sites excluding steroid dienone is 1. The Hall–Kier alpha value is -2.89. The lowest BCUT2D eigenvalue weighted by atomic mass is 10.3. The van der Waals surface area contributed by atoms with Crippen LogP contribution in [0.15, 0.2) is 61.2 Å². The number of fused-ring (bicyclic) bond motifs is 8. The van der Waals surface area contributed by atoms with Gasteiger partial charge >= 0.3 is 0 Å². The van der Waals surface area contributed by atoms with Gasteiger partial charge in [-0.1, -0.05) is 0 Å². The van der Waals surface area contributed by atoms with Crippen molar-refractivity contribution in [2.45, 2.75) is 26.3 Å². The number of aromatic nitrogens is 5. The molecule has 8 bridgehead atoms. The molecule has 0 atom stereocenters. The Morgan fingerprint density at radius 1 is 0.917 bits per heavy atom. The van der Waals surface area contributed by atoms with Crippen molar-refractivity contribution >= 4 is 6.21 Å². The third-order valence-corrected chi connectivity index (χ3v) is 4.51. The zero-order valence-corrected chi connectivity index (χ0v) is 13.4. The van der Waals surface area contributed by atoms with Gasteiger partial charge in [0, 0.05) is 6.08 Å². The highest BCUT2D eigenvalue weighted by Crippen LogP contribution is 2.09. The van der Waals surface area contributed by atoms with Gasteiger partial charge in [-0.2, -0.15) is 9.14 Å². The second-order valence-electron chi connectivity index (χ2n) is 6.54. The Kier molecular flexibility index (Phi) is 3.01. The van der Waals surface area contributed by atoms with Crippen molar-refractivity contribution in [2.24, 2.45) is 0 Å². The van der Waals surface area contributed by atoms with Crippen LogP contribution in [0.1, 0.15) is 11.4 Å². The molecule has 1 N–H and O–H groups in total. The lowest BCUT2D eigenvalue weighted by molar-refractivity contribution is -0.835. The molecule has 5 heterocycles. The quantitative estimate of drug-likeness (QED) is 0.584. The standard InChI is InChI=1S/C18H20N6/c1-2-18-12-23-7-8-24(15-23)14-20-4-3-16(9-20)10-21-5-6-22(13-21)11-17(1)19-18/h1-9,13,15,19H,10-12,14H2/q+3. The van der Waals surface area contributed by atoms with E-state index in [2.05, 4.69) is 96.2 Å². The first-order valence-corrected chi connectivity index (χ1v) is 8.21. The smallest absolute Gasteiger partial charge is 0.285 e. The summed E-state index contributed by atoms with van der Waals surface area (Å²) in [5, 5.41) is 0. The topological polar surface area (TPSA) is 36.4 Å². The van der Waals surface area contributed by atoms with Gasteiger partial charge in [-0.3, -0.25) is 0 Å². The number of hydrogen-bond acceptors (Lipinski definition) is 0. The number of nitrogens with zero attached hydrogens (tertiary/aromatic N) is 5. The number of aromatic amines is 1. The highest BCUT2D eigenvalue weighted by Gasteiger charge is 2.21. The highest BCUT2D eigenvalue weighted by molar-refractivity contribution is 5.70. The molecular weight excluding hydrogens is 300 g/mol. The van der Waals surface area contributed by atoms with Gasteiger partial charge in [0.25, 0.3) is 6.67 Å². The fraction of sp³-hybridized carbons (Fsp3) is 0.222. The summed E-state index contributed by atoms with van der Waals surface area (Å²) >= 11 is 0. The minimum absolute atomic E-state index is 0.828. The molecule has 24 heavy (non-hydrogen) atoms. The van der Waals surface area contributed by atoms with E-state index < -0.39 is 0 Å². The molecule has 3 aromatic rings. The zero-order valence-electron chi connectivity index (χ0n) is 13.4. The van der Waals surface area contributed by atoms with E-state index in [1.807, 2.05) is 0 Å². The minimum atomic E-state index is 0.828. The monoisotopic (exact) mass is 320 g/mol. The zero-order chi connectivity index (χ0) is 15.9. The van der Waals surface area contributed by atoms with Gasteiger partial charge in [-0.15, -0.1) is 0 Å². The minimum Gasteiger partial charge on any atom is -0.356 e. The van der Waals surface area contributed by atoms with Gasteiger partial charge in [0.1, 0.15) is 44.4 Å². The summed E-state index contributed by atoms with van der Waals surface area (Å²) in [7, 11) is 0. The van der Waals surface area contributed by atoms with Crippen LogP contribution in [0.5, 0.6) is 0 Å². The average molecular weight is 320 g/mol. The van der Waals surface area contributed by atoms with Gasteiger partial charge in [-0.05, 0) is 12.1 Å². The SMILES string of the molecule is [CH]1C2=CC=[N+]1C[n+]1ccn(c1)Cc1ccc([nH]1)Cn1cc[n+](c1)C2. The summed E-state index contributed by atoms with van der Waals surface area (Å²) in [6.07, 6.45) is 17.2. The first kappa shape index (κ1) is 13.5. The third-order valence-electron chi connectivity index (χ3n) is 4.51. The summed E-state index contributed by atoms with van der Waals surface area (Å²) in [6, 6.07) is 4.35. The van der Waals surface area contributed by atoms with E-state index in [0.717, 1.165) is 26.3 Å². The van der Waals surface area contributed by atoms with Crippen LogP contribution >= 0.6 is 0 Å². The first-order chi connectivity index (χ1) is 11.8. The van der Waals surface area contributed by atoms with Crippen molar-refractivity contribution in [2.75, 3.05) is 0 Å². The molecular formula is C18H20N6+3. The maximum Gasteiger partial charge on any atom is 0.285 e. The van der Waals surface area contributed by atoms with Crippen LogP contribution in [0.2, 0.25) is 0 Å². The van der Waals surface area contributed by atoms with Crippen molar-refractivity contribution in [1.82, 2.24) is 14.1 Å². The maximum absolute atomic E-state index is 3.53. The Bertz CT molecular complexity index is 877. The van der Waals surface area contributed by atoms with Crippen LogP contribution in [-0.2, 0) is 26.3 Å². The van der Waals surface area contributed by atoms with Gasteiger partial charge in [0.15, 0.2) is 6.21 Å². The summed E-state index contributed by atoms with van der Waals surface area (Å²) in [5.41, 5.74) is 3.76. The van der Waals surface area contributed by atoms with E-state index in [-0.39, 0.29) is 0 Å². The third kappa shape index (κ3) is 2.60. The predicted molar refractivity (Wildman–Crippen MR) is 87.0 cm³/mol. The molecule has 0 saturated heterocycles. The van der Waals surface area contributed by atoms with Crippen molar-refractivity contribution in [3.05, 3.63) is 79.2 Å². The van der Waals surface area contributed by atoms with E-state index >= 15 is 0 Å². The molecule has 0 aromatic carbocycles. The number of nitrogens with one attached hydrogen (secondary N) is 1. The van der Waals surface area contributed by atoms with Crippen molar-refractivity contribution in [3.8, 4) is 0 Å². The molecule has 6 heteroatoms. The molecule has 2 aliphatic rings. The Labute approximate surface area is 140 Å². The first-order valence-electron chi connectivity index (χ1n) is 8.21. The number of H-pyrrole nitrogens is 1. The molecule has 0 amide bonds. The molecule has 0 saturated carbocycles. The summed E-state index contributed by atoms with van der Waals surface area (Å²) < 4.78 is 11.1. The second kappa shape index (κ2) is 5.33. The Balaban J connectivity index is 1.49. The largest absolute Gasteiger partial charge is 0.356 e. The van der Waals surface area contributed by atoms with E-state index in [1.165, 1.54) is 17.0 Å². The van der Waals surface area contributed by atoms with Crippen LogP contribution in [0.3, 0.4) is 0 Å². The van der Waals surface area contributed by atoms with Crippen molar-refractivity contribution in [3.63, 3.8) is 0 Å². The van der Waals surface area contributed by atoms with Crippen molar-refractivity contribution < 1.29 is 13.7 Å². The fourth-order valence-electron chi connectivity index (χ4n) is 3.38. The summed E-state index contributed by atoms with van der Waals surface area (Å²) in [4.78, 5) is 3.53. The average Bonchev–Trinajstić information content (AvgIpc) is 3.32. The maximum atomic E-state index is 3.53.